The normalized spacial score (nSPS) is 26.2. The Hall–Kier alpha value is -1.95. The largest absolute Gasteiger partial charge is 0.458 e. The van der Waals surface area contributed by atoms with Gasteiger partial charge in [0, 0.05) is 23.3 Å². The molecule has 1 aliphatic carbocycles. The second-order valence-electron chi connectivity index (χ2n) is 6.51. The average molecular weight is 343 g/mol. The van der Waals surface area contributed by atoms with Crippen LogP contribution in [0.4, 0.5) is 5.95 Å². The van der Waals surface area contributed by atoms with E-state index in [1.807, 2.05) is 23.6 Å². The van der Waals surface area contributed by atoms with Crippen LogP contribution in [0.25, 0.3) is 0 Å². The zero-order valence-corrected chi connectivity index (χ0v) is 14.3. The van der Waals surface area contributed by atoms with Gasteiger partial charge in [0.2, 0.25) is 5.95 Å². The van der Waals surface area contributed by atoms with Crippen LogP contribution >= 0.6 is 11.3 Å². The van der Waals surface area contributed by atoms with Gasteiger partial charge in [0.05, 0.1) is 0 Å². The predicted molar refractivity (Wildman–Crippen MR) is 92.8 cm³/mol. The lowest BCUT2D eigenvalue weighted by Crippen LogP contribution is -2.44. The fraction of sp³-hybridized carbons (Fsp3) is 0.500. The molecule has 2 fully saturated rings. The molecule has 3 heterocycles. The molecule has 1 saturated heterocycles. The lowest BCUT2D eigenvalue weighted by Gasteiger charge is -2.33. The van der Waals surface area contributed by atoms with Crippen LogP contribution < -0.4 is 4.90 Å². The highest BCUT2D eigenvalue weighted by Gasteiger charge is 2.47. The Morgan fingerprint density at radius 1 is 1.25 bits per heavy atom. The highest BCUT2D eigenvalue weighted by atomic mass is 32.1. The molecule has 5 nitrogen and oxygen atoms in total. The van der Waals surface area contributed by atoms with Crippen molar-refractivity contribution >= 4 is 23.3 Å². The summed E-state index contributed by atoms with van der Waals surface area (Å²) in [6.07, 6.45) is 9.09. The van der Waals surface area contributed by atoms with Gasteiger partial charge in [-0.15, -0.1) is 11.3 Å². The third-order valence-corrected chi connectivity index (χ3v) is 5.93. The third kappa shape index (κ3) is 3.02. The van der Waals surface area contributed by atoms with Crippen molar-refractivity contribution in [3.8, 4) is 0 Å². The van der Waals surface area contributed by atoms with Gasteiger partial charge in [-0.3, -0.25) is 0 Å². The van der Waals surface area contributed by atoms with E-state index in [0.29, 0.717) is 24.5 Å². The van der Waals surface area contributed by atoms with Gasteiger partial charge in [-0.05, 0) is 42.7 Å². The Bertz CT molecular complexity index is 677. The Balaban J connectivity index is 1.54. The van der Waals surface area contributed by atoms with Crippen molar-refractivity contribution in [3.05, 3.63) is 40.8 Å². The monoisotopic (exact) mass is 343 g/mol. The van der Waals surface area contributed by atoms with Crippen LogP contribution in [0.1, 0.15) is 37.0 Å². The molecule has 0 radical (unpaired) electrons. The van der Waals surface area contributed by atoms with Crippen molar-refractivity contribution in [2.45, 2.75) is 50.8 Å². The molecule has 0 bridgehead atoms. The molecule has 0 aromatic carbocycles. The van der Waals surface area contributed by atoms with Gasteiger partial charge in [-0.25, -0.2) is 14.8 Å². The summed E-state index contributed by atoms with van der Waals surface area (Å²) in [4.78, 5) is 24.8. The van der Waals surface area contributed by atoms with Crippen molar-refractivity contribution in [1.29, 1.82) is 0 Å². The van der Waals surface area contributed by atoms with E-state index in [1.165, 1.54) is 19.3 Å². The molecule has 0 unspecified atom stereocenters. The van der Waals surface area contributed by atoms with Crippen LogP contribution in [0.2, 0.25) is 0 Å². The Kier molecular flexibility index (Phi) is 4.47. The Labute approximate surface area is 145 Å². The van der Waals surface area contributed by atoms with E-state index in [4.69, 9.17) is 4.74 Å². The second-order valence-corrected chi connectivity index (χ2v) is 7.54. The first-order chi connectivity index (χ1) is 11.8. The molecule has 2 aromatic heterocycles. The summed E-state index contributed by atoms with van der Waals surface area (Å²) >= 11 is 1.61. The number of aromatic nitrogens is 2. The van der Waals surface area contributed by atoms with E-state index in [1.54, 1.807) is 23.7 Å². The van der Waals surface area contributed by atoms with E-state index in [2.05, 4.69) is 14.9 Å². The minimum atomic E-state index is -0.263. The van der Waals surface area contributed by atoms with E-state index < -0.39 is 0 Å². The van der Waals surface area contributed by atoms with Gasteiger partial charge < -0.3 is 9.64 Å². The topological polar surface area (TPSA) is 55.3 Å². The Morgan fingerprint density at radius 2 is 2.08 bits per heavy atom. The molecule has 2 aliphatic rings. The van der Waals surface area contributed by atoms with Crippen LogP contribution in [0, 0.1) is 5.92 Å². The van der Waals surface area contributed by atoms with Crippen molar-refractivity contribution in [2.24, 2.45) is 5.92 Å². The number of fused-ring (bicyclic) bond motifs is 1. The van der Waals surface area contributed by atoms with Gasteiger partial charge in [0.25, 0.3) is 0 Å². The number of thiophene rings is 1. The molecule has 0 N–H and O–H groups in total. The molecule has 3 atom stereocenters. The number of carbonyl (C=O) groups is 1. The number of ether oxygens (including phenoxy) is 1. The van der Waals surface area contributed by atoms with Crippen molar-refractivity contribution < 1.29 is 9.53 Å². The van der Waals surface area contributed by atoms with Crippen LogP contribution in [-0.4, -0.2) is 28.0 Å². The molecule has 4 rings (SSSR count). The quantitative estimate of drug-likeness (QED) is 0.796. The molecule has 2 aromatic rings. The second kappa shape index (κ2) is 6.89. The molecule has 24 heavy (non-hydrogen) atoms. The van der Waals surface area contributed by atoms with Crippen molar-refractivity contribution in [2.75, 3.05) is 4.90 Å². The first kappa shape index (κ1) is 15.6. The molecule has 6 heteroatoms. The van der Waals surface area contributed by atoms with E-state index in [-0.39, 0.29) is 12.0 Å². The molecule has 126 valence electrons. The van der Waals surface area contributed by atoms with E-state index in [0.717, 1.165) is 17.7 Å². The fourth-order valence-electron chi connectivity index (χ4n) is 4.02. The summed E-state index contributed by atoms with van der Waals surface area (Å²) in [6.45, 7) is 0.353. The minimum absolute atomic E-state index is 0.148. The minimum Gasteiger partial charge on any atom is -0.458 e. The molecule has 0 spiro atoms. The number of esters is 1. The van der Waals surface area contributed by atoms with Crippen molar-refractivity contribution in [1.82, 2.24) is 9.97 Å². The van der Waals surface area contributed by atoms with Gasteiger partial charge in [-0.1, -0.05) is 18.9 Å². The standard InChI is InChI=1S/C18H21N3O2S/c22-17(23-12-14-6-3-10-24-14)16-11-13-5-1-2-7-15(13)21(16)18-19-8-4-9-20-18/h3-4,6,8-10,13,15-16H,1-2,5,7,11-12H2/t13-,15-,16+/m1/s1. The van der Waals surface area contributed by atoms with E-state index >= 15 is 0 Å². The summed E-state index contributed by atoms with van der Waals surface area (Å²) in [5, 5.41) is 2.00. The van der Waals surface area contributed by atoms with Gasteiger partial charge in [-0.2, -0.15) is 0 Å². The first-order valence-electron chi connectivity index (χ1n) is 8.57. The summed E-state index contributed by atoms with van der Waals surface area (Å²) in [7, 11) is 0. The number of hydrogen-bond acceptors (Lipinski definition) is 6. The SMILES string of the molecule is O=C(OCc1cccs1)[C@@H]1C[C@H]2CCCC[C@H]2N1c1ncccn1. The number of nitrogens with zero attached hydrogens (tertiary/aromatic N) is 3. The third-order valence-electron chi connectivity index (χ3n) is 5.08. The lowest BCUT2D eigenvalue weighted by atomic mass is 9.85. The van der Waals surface area contributed by atoms with Crippen LogP contribution in [0.3, 0.4) is 0 Å². The van der Waals surface area contributed by atoms with Crippen LogP contribution in [0.15, 0.2) is 36.0 Å². The van der Waals surface area contributed by atoms with Gasteiger partial charge in [0.1, 0.15) is 12.6 Å². The molecular formula is C18H21N3O2S. The van der Waals surface area contributed by atoms with Crippen LogP contribution in [0.5, 0.6) is 0 Å². The number of hydrogen-bond donors (Lipinski definition) is 0. The molecule has 1 saturated carbocycles. The maximum atomic E-state index is 12.8. The molecule has 0 amide bonds. The smallest absolute Gasteiger partial charge is 0.329 e. The zero-order valence-electron chi connectivity index (χ0n) is 13.5. The first-order valence-corrected chi connectivity index (χ1v) is 9.45. The Morgan fingerprint density at radius 3 is 2.88 bits per heavy atom. The van der Waals surface area contributed by atoms with Gasteiger partial charge >= 0.3 is 5.97 Å². The maximum Gasteiger partial charge on any atom is 0.329 e. The summed E-state index contributed by atoms with van der Waals surface area (Å²) < 4.78 is 5.60. The highest BCUT2D eigenvalue weighted by molar-refractivity contribution is 7.09. The molecule has 1 aliphatic heterocycles. The maximum absolute atomic E-state index is 12.8. The summed E-state index contributed by atoms with van der Waals surface area (Å²) in [5.74, 6) is 1.05. The van der Waals surface area contributed by atoms with Gasteiger partial charge in [0.15, 0.2) is 0 Å². The number of rotatable bonds is 4. The predicted octanol–water partition coefficient (Wildman–Crippen LogP) is 3.42. The number of carbonyl (C=O) groups excluding carboxylic acids is 1. The average Bonchev–Trinajstić information content (AvgIpc) is 3.28. The summed E-state index contributed by atoms with van der Waals surface area (Å²) in [5.41, 5.74) is 0. The summed E-state index contributed by atoms with van der Waals surface area (Å²) in [6, 6.07) is 5.87. The number of anilines is 1. The molecular weight excluding hydrogens is 322 g/mol. The fourth-order valence-corrected chi connectivity index (χ4v) is 4.63. The lowest BCUT2D eigenvalue weighted by molar-refractivity contribution is -0.146. The van der Waals surface area contributed by atoms with Crippen molar-refractivity contribution in [3.63, 3.8) is 0 Å². The van der Waals surface area contributed by atoms with Crippen LogP contribution in [-0.2, 0) is 16.1 Å². The van der Waals surface area contributed by atoms with E-state index in [9.17, 15) is 4.79 Å². The highest BCUT2D eigenvalue weighted by Crippen LogP contribution is 2.41. The zero-order chi connectivity index (χ0) is 16.4.